The first-order chi connectivity index (χ1) is 13.2. The van der Waals surface area contributed by atoms with Gasteiger partial charge in [0.1, 0.15) is 5.88 Å². The van der Waals surface area contributed by atoms with E-state index in [1.54, 1.807) is 12.4 Å². The molecule has 9 heteroatoms. The van der Waals surface area contributed by atoms with Crippen molar-refractivity contribution < 1.29 is 14.1 Å². The van der Waals surface area contributed by atoms with Crippen LogP contribution in [0.1, 0.15) is 47.0 Å². The van der Waals surface area contributed by atoms with Crippen LogP contribution >= 0.6 is 11.6 Å². The van der Waals surface area contributed by atoms with Gasteiger partial charge in [-0.05, 0) is 47.0 Å². The summed E-state index contributed by atoms with van der Waals surface area (Å²) in [6.45, 7) is 9.56. The summed E-state index contributed by atoms with van der Waals surface area (Å²) in [6, 6.07) is 0.695. The smallest absolute Gasteiger partial charge is 0.399 e. The van der Waals surface area contributed by atoms with Gasteiger partial charge in [0.05, 0.1) is 17.2 Å². The van der Waals surface area contributed by atoms with Gasteiger partial charge < -0.3 is 19.1 Å². The highest BCUT2D eigenvalue weighted by Gasteiger charge is 2.52. The molecule has 1 aliphatic carbocycles. The van der Waals surface area contributed by atoms with E-state index in [0.717, 1.165) is 31.3 Å². The van der Waals surface area contributed by atoms with E-state index < -0.39 is 18.3 Å². The number of rotatable bonds is 5. The van der Waals surface area contributed by atoms with Crippen molar-refractivity contribution in [1.29, 1.82) is 0 Å². The number of aromatic nitrogens is 2. The average Bonchev–Trinajstić information content (AvgIpc) is 3.31. The fraction of sp³-hybridized carbons (Fsp3) is 0.737. The van der Waals surface area contributed by atoms with Gasteiger partial charge in [0.15, 0.2) is 0 Å². The lowest BCUT2D eigenvalue weighted by atomic mass is 9.81. The minimum atomic E-state index is -0.461. The maximum atomic E-state index is 11.9. The van der Waals surface area contributed by atoms with Crippen molar-refractivity contribution >= 4 is 36.0 Å². The molecule has 1 amide bonds. The van der Waals surface area contributed by atoms with Gasteiger partial charge in [-0.15, -0.1) is 11.6 Å². The third kappa shape index (κ3) is 3.62. The summed E-state index contributed by atoms with van der Waals surface area (Å²) >= 11 is 5.72. The topological polar surface area (TPSA) is 67.8 Å². The standard InChI is InChI=1S/C19H28BClN4O3/c1-18(2)19(3,4)28-20(27-18)13-10-22-17(23-11-13)25(14-5-6-14)15-7-8-24(12-15)16(26)9-21/h10-11,14-15H,5-9,12H2,1-4H3/t15-/m0/s1. The minimum Gasteiger partial charge on any atom is -0.399 e. The lowest BCUT2D eigenvalue weighted by Crippen LogP contribution is -2.42. The van der Waals surface area contributed by atoms with Gasteiger partial charge in [0, 0.05) is 37.0 Å². The Morgan fingerprint density at radius 1 is 1.18 bits per heavy atom. The molecular formula is C19H28BClN4O3. The van der Waals surface area contributed by atoms with E-state index in [-0.39, 0.29) is 17.8 Å². The van der Waals surface area contributed by atoms with Gasteiger partial charge in [-0.25, -0.2) is 9.97 Å². The third-order valence-electron chi connectivity index (χ3n) is 6.38. The molecule has 2 saturated heterocycles. The van der Waals surface area contributed by atoms with E-state index in [1.165, 1.54) is 0 Å². The summed E-state index contributed by atoms with van der Waals surface area (Å²) in [5.41, 5.74) is 0.0422. The van der Waals surface area contributed by atoms with Crippen molar-refractivity contribution in [3.63, 3.8) is 0 Å². The highest BCUT2D eigenvalue weighted by Crippen LogP contribution is 2.37. The van der Waals surface area contributed by atoms with Crippen molar-refractivity contribution in [3.8, 4) is 0 Å². The van der Waals surface area contributed by atoms with Gasteiger partial charge in [-0.3, -0.25) is 4.79 Å². The van der Waals surface area contributed by atoms with E-state index in [9.17, 15) is 4.79 Å². The first-order valence-electron chi connectivity index (χ1n) is 10.0. The van der Waals surface area contributed by atoms with Crippen LogP contribution in [0.4, 0.5) is 5.95 Å². The van der Waals surface area contributed by atoms with Gasteiger partial charge in [0.25, 0.3) is 0 Å². The Kier molecular flexibility index (Phi) is 5.09. The molecule has 2 aliphatic heterocycles. The van der Waals surface area contributed by atoms with Crippen LogP contribution in [-0.4, -0.2) is 70.1 Å². The molecule has 4 rings (SSSR count). The third-order valence-corrected chi connectivity index (χ3v) is 6.61. The van der Waals surface area contributed by atoms with E-state index in [4.69, 9.17) is 20.9 Å². The second kappa shape index (κ2) is 7.15. The van der Waals surface area contributed by atoms with Crippen LogP contribution < -0.4 is 10.4 Å². The number of amides is 1. The number of nitrogens with zero attached hydrogens (tertiary/aromatic N) is 4. The quantitative estimate of drug-likeness (QED) is 0.546. The van der Waals surface area contributed by atoms with Crippen molar-refractivity contribution in [1.82, 2.24) is 14.9 Å². The lowest BCUT2D eigenvalue weighted by Gasteiger charge is -2.32. The SMILES string of the molecule is CC1(C)OB(c2cnc(N(C3CC3)[C@H]3CCN(C(=O)CCl)C3)nc2)OC1(C)C. The molecule has 0 aromatic carbocycles. The molecule has 0 N–H and O–H groups in total. The Morgan fingerprint density at radius 3 is 2.32 bits per heavy atom. The lowest BCUT2D eigenvalue weighted by molar-refractivity contribution is -0.127. The summed E-state index contributed by atoms with van der Waals surface area (Å²) < 4.78 is 12.2. The van der Waals surface area contributed by atoms with Crippen LogP contribution in [0.5, 0.6) is 0 Å². The van der Waals surface area contributed by atoms with Crippen LogP contribution in [-0.2, 0) is 14.1 Å². The molecule has 3 heterocycles. The first-order valence-corrected chi connectivity index (χ1v) is 10.5. The number of hydrogen-bond donors (Lipinski definition) is 0. The maximum absolute atomic E-state index is 11.9. The number of anilines is 1. The van der Waals surface area contributed by atoms with Crippen LogP contribution in [0.2, 0.25) is 0 Å². The molecule has 0 spiro atoms. The Bertz CT molecular complexity index is 725. The Balaban J connectivity index is 1.49. The van der Waals surface area contributed by atoms with Crippen LogP contribution in [0.3, 0.4) is 0 Å². The van der Waals surface area contributed by atoms with E-state index in [2.05, 4.69) is 14.9 Å². The number of alkyl halides is 1. The van der Waals surface area contributed by atoms with Crippen LogP contribution in [0.25, 0.3) is 0 Å². The van der Waals surface area contributed by atoms with E-state index in [1.807, 2.05) is 32.6 Å². The molecular weight excluding hydrogens is 378 g/mol. The van der Waals surface area contributed by atoms with Gasteiger partial charge in [0.2, 0.25) is 11.9 Å². The Hall–Kier alpha value is -1.38. The second-order valence-electron chi connectivity index (χ2n) is 8.96. The van der Waals surface area contributed by atoms with E-state index in [0.29, 0.717) is 18.5 Å². The number of halogens is 1. The van der Waals surface area contributed by atoms with Gasteiger partial charge in [-0.1, -0.05) is 0 Å². The zero-order valence-electron chi connectivity index (χ0n) is 17.0. The maximum Gasteiger partial charge on any atom is 0.498 e. The normalized spacial score (nSPS) is 26.0. The molecule has 3 aliphatic rings. The molecule has 1 aromatic rings. The Labute approximate surface area is 171 Å². The number of hydrogen-bond acceptors (Lipinski definition) is 6. The average molecular weight is 407 g/mol. The fourth-order valence-corrected chi connectivity index (χ4v) is 3.99. The van der Waals surface area contributed by atoms with Gasteiger partial charge in [-0.2, -0.15) is 0 Å². The molecule has 7 nitrogen and oxygen atoms in total. The molecule has 0 radical (unpaired) electrons. The molecule has 152 valence electrons. The highest BCUT2D eigenvalue weighted by molar-refractivity contribution is 6.61. The second-order valence-corrected chi connectivity index (χ2v) is 9.23. The van der Waals surface area contributed by atoms with E-state index >= 15 is 0 Å². The number of likely N-dealkylation sites (tertiary alicyclic amines) is 1. The summed E-state index contributed by atoms with van der Waals surface area (Å²) in [4.78, 5) is 25.3. The molecule has 1 atom stereocenters. The van der Waals surface area contributed by atoms with Crippen LogP contribution in [0, 0.1) is 0 Å². The summed E-state index contributed by atoms with van der Waals surface area (Å²) in [5, 5.41) is 0. The molecule has 0 unspecified atom stereocenters. The first kappa shape index (κ1) is 19.9. The zero-order valence-corrected chi connectivity index (χ0v) is 17.8. The fourth-order valence-electron chi connectivity index (χ4n) is 3.82. The zero-order chi connectivity index (χ0) is 20.1. The van der Waals surface area contributed by atoms with Crippen molar-refractivity contribution in [2.24, 2.45) is 0 Å². The van der Waals surface area contributed by atoms with Crippen molar-refractivity contribution in [2.45, 2.75) is 70.2 Å². The predicted octanol–water partition coefficient (Wildman–Crippen LogP) is 1.58. The number of carbonyl (C=O) groups is 1. The number of carbonyl (C=O) groups excluding carboxylic acids is 1. The largest absolute Gasteiger partial charge is 0.498 e. The molecule has 3 fully saturated rings. The van der Waals surface area contributed by atoms with Gasteiger partial charge >= 0.3 is 7.12 Å². The molecule has 1 saturated carbocycles. The minimum absolute atomic E-state index is 0.00283. The summed E-state index contributed by atoms with van der Waals surface area (Å²) in [6.07, 6.45) is 6.80. The highest BCUT2D eigenvalue weighted by atomic mass is 35.5. The Morgan fingerprint density at radius 2 is 1.79 bits per heavy atom. The van der Waals surface area contributed by atoms with Crippen LogP contribution in [0.15, 0.2) is 12.4 Å². The van der Waals surface area contributed by atoms with Crippen molar-refractivity contribution in [3.05, 3.63) is 12.4 Å². The monoisotopic (exact) mass is 406 g/mol. The summed E-state index contributed by atoms with van der Waals surface area (Å²) in [5.74, 6) is 0.750. The van der Waals surface area contributed by atoms with Crippen molar-refractivity contribution in [2.75, 3.05) is 23.9 Å². The molecule has 0 bridgehead atoms. The molecule has 28 heavy (non-hydrogen) atoms. The predicted molar refractivity (Wildman–Crippen MR) is 109 cm³/mol. The molecule has 1 aromatic heterocycles. The summed E-state index contributed by atoms with van der Waals surface area (Å²) in [7, 11) is -0.461.